The molecule has 0 saturated heterocycles. The van der Waals surface area contributed by atoms with E-state index in [9.17, 15) is 14.7 Å². The highest BCUT2D eigenvalue weighted by Crippen LogP contribution is 2.67. The second kappa shape index (κ2) is 5.52. The Hall–Kier alpha value is -0.960. The number of carbonyl (C=O) groups excluding carboxylic acids is 2. The minimum absolute atomic E-state index is 0.169. The number of aliphatic hydroxyl groups is 1. The Balaban J connectivity index is 1.85. The molecule has 0 heterocycles. The summed E-state index contributed by atoms with van der Waals surface area (Å²) >= 11 is 0. The Bertz CT molecular complexity index is 637. The number of Topliss-reactive ketones (excluding diaryl/α,β-unsaturated/α-hetero) is 1. The molecule has 138 valence electrons. The molecule has 1 N–H and O–H groups in total. The molecule has 0 amide bonds. The maximum Gasteiger partial charge on any atom is 0.139 e. The number of allylic oxidation sites excluding steroid dienone is 1. The average molecular weight is 344 g/mol. The lowest BCUT2D eigenvalue weighted by atomic mass is 9.41. The monoisotopic (exact) mass is 344 g/mol. The molecule has 0 spiro atoms. The van der Waals surface area contributed by atoms with Gasteiger partial charge in [0.1, 0.15) is 12.1 Å². The standard InChI is InChI=1S/C22H32O3/c1-12-9-15(24)10-18-13(2)14(3)20-16-5-6-19(25)21(16,4)8-7-17(20)22(12,18)11-23/h10-17,20,24H,5-9H2,1-4H3/t12?,13?,14?,15?,16-,17+,20-,21-,22+/m0/s1. The molecule has 4 rings (SSSR count). The van der Waals surface area contributed by atoms with Crippen LogP contribution in [-0.2, 0) is 9.59 Å². The molecule has 0 bridgehead atoms. The van der Waals surface area contributed by atoms with Crippen molar-refractivity contribution < 1.29 is 14.7 Å². The van der Waals surface area contributed by atoms with Crippen LogP contribution in [0.15, 0.2) is 11.6 Å². The normalized spacial score (nSPS) is 55.0. The summed E-state index contributed by atoms with van der Waals surface area (Å²) in [6, 6.07) is 0. The van der Waals surface area contributed by atoms with E-state index in [0.29, 0.717) is 41.8 Å². The van der Waals surface area contributed by atoms with Gasteiger partial charge in [-0.15, -0.1) is 0 Å². The minimum Gasteiger partial charge on any atom is -0.389 e. The van der Waals surface area contributed by atoms with Gasteiger partial charge >= 0.3 is 0 Å². The summed E-state index contributed by atoms with van der Waals surface area (Å²) in [5.74, 6) is 2.57. The first-order valence-corrected chi connectivity index (χ1v) is 10.2. The zero-order valence-electron chi connectivity index (χ0n) is 16.0. The number of carbonyl (C=O) groups is 2. The van der Waals surface area contributed by atoms with E-state index in [1.165, 1.54) is 11.9 Å². The quantitative estimate of drug-likeness (QED) is 0.581. The van der Waals surface area contributed by atoms with Crippen LogP contribution in [-0.4, -0.2) is 23.3 Å². The fourth-order valence-corrected chi connectivity index (χ4v) is 7.53. The van der Waals surface area contributed by atoms with Gasteiger partial charge in [0.05, 0.1) is 11.5 Å². The maximum absolute atomic E-state index is 12.6. The Morgan fingerprint density at radius 3 is 2.60 bits per heavy atom. The first kappa shape index (κ1) is 17.5. The molecule has 3 nitrogen and oxygen atoms in total. The van der Waals surface area contributed by atoms with E-state index < -0.39 is 11.5 Å². The van der Waals surface area contributed by atoms with Crippen molar-refractivity contribution in [3.05, 3.63) is 11.6 Å². The Kier molecular flexibility index (Phi) is 3.85. The Morgan fingerprint density at radius 2 is 1.92 bits per heavy atom. The topological polar surface area (TPSA) is 54.4 Å². The summed E-state index contributed by atoms with van der Waals surface area (Å²) in [5, 5.41) is 10.3. The van der Waals surface area contributed by atoms with Gasteiger partial charge in [-0.2, -0.15) is 0 Å². The van der Waals surface area contributed by atoms with Crippen molar-refractivity contribution in [2.24, 2.45) is 46.3 Å². The Labute approximate surface area is 151 Å². The molecule has 4 unspecified atom stereocenters. The Morgan fingerprint density at radius 1 is 1.20 bits per heavy atom. The smallest absolute Gasteiger partial charge is 0.139 e. The number of hydrogen-bond donors (Lipinski definition) is 1. The largest absolute Gasteiger partial charge is 0.389 e. The lowest BCUT2D eigenvalue weighted by Gasteiger charge is -2.62. The predicted octanol–water partition coefficient (Wildman–Crippen LogP) is 3.80. The molecule has 4 aliphatic rings. The molecular weight excluding hydrogens is 312 g/mol. The number of rotatable bonds is 1. The average Bonchev–Trinajstić information content (AvgIpc) is 2.87. The van der Waals surface area contributed by atoms with E-state index in [1.54, 1.807) is 0 Å². The van der Waals surface area contributed by atoms with Crippen molar-refractivity contribution >= 4 is 12.1 Å². The minimum atomic E-state index is -0.428. The van der Waals surface area contributed by atoms with Crippen molar-refractivity contribution in [3.8, 4) is 0 Å². The highest BCUT2D eigenvalue weighted by Gasteiger charge is 2.64. The highest BCUT2D eigenvalue weighted by atomic mass is 16.3. The van der Waals surface area contributed by atoms with E-state index in [-0.39, 0.29) is 11.3 Å². The third-order valence-corrected chi connectivity index (χ3v) is 9.02. The molecule has 0 aromatic heterocycles. The van der Waals surface area contributed by atoms with Crippen LogP contribution in [0.5, 0.6) is 0 Å². The molecule has 25 heavy (non-hydrogen) atoms. The van der Waals surface area contributed by atoms with Gasteiger partial charge in [-0.25, -0.2) is 0 Å². The molecule has 0 aliphatic heterocycles. The fraction of sp³-hybridized carbons (Fsp3) is 0.818. The van der Waals surface area contributed by atoms with E-state index in [1.807, 2.05) is 6.08 Å². The lowest BCUT2D eigenvalue weighted by Crippen LogP contribution is -2.59. The van der Waals surface area contributed by atoms with Crippen LogP contribution >= 0.6 is 0 Å². The second-order valence-electron chi connectivity index (χ2n) is 9.73. The van der Waals surface area contributed by atoms with Crippen molar-refractivity contribution in [3.63, 3.8) is 0 Å². The number of hydrogen-bond acceptors (Lipinski definition) is 3. The van der Waals surface area contributed by atoms with Gasteiger partial charge in [0.25, 0.3) is 0 Å². The summed E-state index contributed by atoms with van der Waals surface area (Å²) in [6.07, 6.45) is 7.09. The van der Waals surface area contributed by atoms with Gasteiger partial charge in [-0.1, -0.05) is 39.3 Å². The lowest BCUT2D eigenvalue weighted by molar-refractivity contribution is -0.146. The summed E-state index contributed by atoms with van der Waals surface area (Å²) < 4.78 is 0. The van der Waals surface area contributed by atoms with E-state index in [0.717, 1.165) is 25.7 Å². The third kappa shape index (κ3) is 2.02. The number of ketones is 1. The molecule has 9 atom stereocenters. The molecule has 0 aromatic carbocycles. The molecule has 0 aromatic rings. The van der Waals surface area contributed by atoms with Gasteiger partial charge in [0, 0.05) is 11.8 Å². The van der Waals surface area contributed by atoms with E-state index >= 15 is 0 Å². The van der Waals surface area contributed by atoms with Gasteiger partial charge in [0.2, 0.25) is 0 Å². The van der Waals surface area contributed by atoms with Gasteiger partial charge in [-0.3, -0.25) is 4.79 Å². The first-order chi connectivity index (χ1) is 11.8. The maximum atomic E-state index is 12.6. The summed E-state index contributed by atoms with van der Waals surface area (Å²) in [6.45, 7) is 8.89. The summed E-state index contributed by atoms with van der Waals surface area (Å²) in [4.78, 5) is 25.2. The summed E-state index contributed by atoms with van der Waals surface area (Å²) in [5.41, 5.74) is 0.594. The highest BCUT2D eigenvalue weighted by molar-refractivity contribution is 5.87. The molecule has 3 heteroatoms. The summed E-state index contributed by atoms with van der Waals surface area (Å²) in [7, 11) is 0. The van der Waals surface area contributed by atoms with Crippen LogP contribution in [0.4, 0.5) is 0 Å². The van der Waals surface area contributed by atoms with Gasteiger partial charge in [0.15, 0.2) is 0 Å². The SMILES string of the molecule is CC1C2=CC(O)CC(C)[C@]2(C=O)[C@@H]2CC[C@]3(C)C(=O)CC[C@H]3[C@@H]2C1C. The molecular formula is C22H32O3. The molecule has 4 aliphatic carbocycles. The van der Waals surface area contributed by atoms with E-state index in [2.05, 4.69) is 27.7 Å². The number of aldehydes is 1. The zero-order valence-corrected chi connectivity index (χ0v) is 16.0. The molecule has 3 saturated carbocycles. The van der Waals surface area contributed by atoms with Crippen LogP contribution in [0.25, 0.3) is 0 Å². The van der Waals surface area contributed by atoms with E-state index in [4.69, 9.17) is 0 Å². The zero-order chi connectivity index (χ0) is 18.1. The predicted molar refractivity (Wildman–Crippen MR) is 96.7 cm³/mol. The van der Waals surface area contributed by atoms with Crippen LogP contribution < -0.4 is 0 Å². The van der Waals surface area contributed by atoms with Crippen LogP contribution in [0.3, 0.4) is 0 Å². The molecule has 3 fully saturated rings. The van der Waals surface area contributed by atoms with Gasteiger partial charge in [-0.05, 0) is 61.2 Å². The fourth-order valence-electron chi connectivity index (χ4n) is 7.53. The molecule has 0 radical (unpaired) electrons. The first-order valence-electron chi connectivity index (χ1n) is 10.2. The van der Waals surface area contributed by atoms with Crippen molar-refractivity contribution in [2.45, 2.75) is 65.9 Å². The van der Waals surface area contributed by atoms with Crippen molar-refractivity contribution in [1.82, 2.24) is 0 Å². The third-order valence-electron chi connectivity index (χ3n) is 9.02. The second-order valence-corrected chi connectivity index (χ2v) is 9.73. The van der Waals surface area contributed by atoms with Crippen LogP contribution in [0.2, 0.25) is 0 Å². The van der Waals surface area contributed by atoms with Crippen molar-refractivity contribution in [2.75, 3.05) is 0 Å². The number of fused-ring (bicyclic) bond motifs is 5. The van der Waals surface area contributed by atoms with Crippen LogP contribution in [0, 0.1) is 46.3 Å². The van der Waals surface area contributed by atoms with Crippen LogP contribution in [0.1, 0.15) is 59.8 Å². The number of aliphatic hydroxyl groups excluding tert-OH is 1. The van der Waals surface area contributed by atoms with Gasteiger partial charge < -0.3 is 9.90 Å². The van der Waals surface area contributed by atoms with Crippen molar-refractivity contribution in [1.29, 1.82) is 0 Å².